The summed E-state index contributed by atoms with van der Waals surface area (Å²) in [5.41, 5.74) is 1.21. The Morgan fingerprint density at radius 1 is 1.23 bits per heavy atom. The second-order valence-electron chi connectivity index (χ2n) is 8.54. The molecule has 1 saturated heterocycles. The molecule has 1 spiro atoms. The highest BCUT2D eigenvalue weighted by Crippen LogP contribution is 2.48. The Bertz CT molecular complexity index is 996. The lowest BCUT2D eigenvalue weighted by Crippen LogP contribution is -2.42. The number of ether oxygens (including phenoxy) is 1. The Hall–Kier alpha value is -3.21. The van der Waals surface area contributed by atoms with Crippen LogP contribution in [0.1, 0.15) is 44.7 Å². The van der Waals surface area contributed by atoms with Gasteiger partial charge in [-0.15, -0.1) is 10.2 Å². The van der Waals surface area contributed by atoms with Crippen molar-refractivity contribution in [2.45, 2.75) is 57.7 Å². The van der Waals surface area contributed by atoms with Crippen LogP contribution in [0.5, 0.6) is 0 Å². The van der Waals surface area contributed by atoms with E-state index in [1.165, 1.54) is 17.1 Å². The number of nitrogens with zero attached hydrogens (tertiary/aromatic N) is 7. The topological polar surface area (TPSA) is 128 Å². The van der Waals surface area contributed by atoms with E-state index in [9.17, 15) is 9.59 Å². The molecule has 4 heterocycles. The van der Waals surface area contributed by atoms with Gasteiger partial charge in [-0.1, -0.05) is 0 Å². The van der Waals surface area contributed by atoms with E-state index in [-0.39, 0.29) is 29.9 Å². The molecule has 0 radical (unpaired) electrons. The molecule has 1 saturated carbocycles. The summed E-state index contributed by atoms with van der Waals surface area (Å²) >= 11 is 0. The molecule has 1 N–H and O–H groups in total. The molecular weight excluding hydrogens is 400 g/mol. The average Bonchev–Trinajstić information content (AvgIpc) is 3.50. The molecule has 2 aromatic rings. The Labute approximate surface area is 178 Å². The highest BCUT2D eigenvalue weighted by molar-refractivity contribution is 5.91. The molecule has 31 heavy (non-hydrogen) atoms. The van der Waals surface area contributed by atoms with Crippen LogP contribution in [0.15, 0.2) is 30.2 Å². The number of cyclic esters (lactones) is 1. The highest BCUT2D eigenvalue weighted by Gasteiger charge is 2.52. The average molecular weight is 424 g/mol. The maximum absolute atomic E-state index is 13.3. The third-order valence-corrected chi connectivity index (χ3v) is 6.56. The van der Waals surface area contributed by atoms with Gasteiger partial charge >= 0.3 is 5.97 Å². The van der Waals surface area contributed by atoms with Crippen LogP contribution in [0.3, 0.4) is 0 Å². The molecule has 1 aliphatic carbocycles. The van der Waals surface area contributed by atoms with Crippen LogP contribution < -0.4 is 5.32 Å². The SMILES string of the molecule is CC1CC2(CCC(NCc3ccc(-n4cnnn4)nn3)CC2)C(=O)N1C1=CC(=O)OC1. The molecule has 11 nitrogen and oxygen atoms in total. The van der Waals surface area contributed by atoms with Crippen molar-refractivity contribution in [2.24, 2.45) is 5.41 Å². The number of tetrazole rings is 1. The highest BCUT2D eigenvalue weighted by atomic mass is 16.5. The van der Waals surface area contributed by atoms with Gasteiger partial charge < -0.3 is 15.0 Å². The first-order chi connectivity index (χ1) is 15.0. The number of hydrogen-bond donors (Lipinski definition) is 1. The molecule has 1 amide bonds. The lowest BCUT2D eigenvalue weighted by Gasteiger charge is -2.36. The predicted molar refractivity (Wildman–Crippen MR) is 106 cm³/mol. The first-order valence-corrected chi connectivity index (χ1v) is 10.5. The molecule has 2 fully saturated rings. The Kier molecular flexibility index (Phi) is 4.97. The van der Waals surface area contributed by atoms with E-state index in [0.29, 0.717) is 24.1 Å². The fraction of sp³-hybridized carbons (Fsp3) is 0.550. The number of carbonyl (C=O) groups is 2. The summed E-state index contributed by atoms with van der Waals surface area (Å²) in [4.78, 5) is 26.5. The lowest BCUT2D eigenvalue weighted by molar-refractivity contribution is -0.138. The zero-order chi connectivity index (χ0) is 21.4. The molecular formula is C20H24N8O3. The zero-order valence-electron chi connectivity index (χ0n) is 17.3. The van der Waals surface area contributed by atoms with Gasteiger partial charge in [-0.05, 0) is 61.6 Å². The van der Waals surface area contributed by atoms with Gasteiger partial charge in [-0.2, -0.15) is 9.78 Å². The molecule has 3 aliphatic rings. The fourth-order valence-corrected chi connectivity index (χ4v) is 4.99. The van der Waals surface area contributed by atoms with E-state index < -0.39 is 0 Å². The smallest absolute Gasteiger partial charge is 0.333 e. The summed E-state index contributed by atoms with van der Waals surface area (Å²) in [7, 11) is 0. The van der Waals surface area contributed by atoms with E-state index in [4.69, 9.17) is 4.74 Å². The van der Waals surface area contributed by atoms with Gasteiger partial charge in [-0.3, -0.25) is 4.79 Å². The standard InChI is InChI=1S/C20H24N8O3/c1-13-9-20(19(30)28(13)16-8-18(29)31-11-16)6-4-14(5-7-20)21-10-15-2-3-17(24-23-15)27-12-22-25-26-27/h2-3,8,12-14,21H,4-7,9-11H2,1H3. The Balaban J connectivity index is 1.16. The number of rotatable bonds is 5. The molecule has 0 bridgehead atoms. The predicted octanol–water partition coefficient (Wildman–Crippen LogP) is 0.532. The van der Waals surface area contributed by atoms with Crippen molar-refractivity contribution in [2.75, 3.05) is 6.61 Å². The maximum Gasteiger partial charge on any atom is 0.333 e. The van der Waals surface area contributed by atoms with E-state index in [1.807, 2.05) is 12.1 Å². The van der Waals surface area contributed by atoms with Gasteiger partial charge in [0.05, 0.1) is 16.8 Å². The van der Waals surface area contributed by atoms with Gasteiger partial charge in [0.25, 0.3) is 0 Å². The first kappa shape index (κ1) is 19.7. The minimum atomic E-state index is -0.363. The van der Waals surface area contributed by atoms with Crippen molar-refractivity contribution < 1.29 is 14.3 Å². The second kappa shape index (κ2) is 7.80. The van der Waals surface area contributed by atoms with Crippen LogP contribution in [-0.4, -0.2) is 65.9 Å². The summed E-state index contributed by atoms with van der Waals surface area (Å²) in [5, 5.41) is 22.9. The zero-order valence-corrected chi connectivity index (χ0v) is 17.3. The molecule has 11 heteroatoms. The monoisotopic (exact) mass is 424 g/mol. The number of esters is 1. The van der Waals surface area contributed by atoms with E-state index in [1.54, 1.807) is 4.90 Å². The summed E-state index contributed by atoms with van der Waals surface area (Å²) in [6.45, 7) is 2.87. The van der Waals surface area contributed by atoms with Gasteiger partial charge in [-0.25, -0.2) is 4.79 Å². The summed E-state index contributed by atoms with van der Waals surface area (Å²) in [5.74, 6) is 0.348. The van der Waals surface area contributed by atoms with Gasteiger partial charge in [0.2, 0.25) is 5.91 Å². The number of hydrogen-bond acceptors (Lipinski definition) is 9. The van der Waals surface area contributed by atoms with Crippen LogP contribution >= 0.6 is 0 Å². The van der Waals surface area contributed by atoms with Crippen LogP contribution in [0.25, 0.3) is 5.82 Å². The Morgan fingerprint density at radius 3 is 2.71 bits per heavy atom. The molecule has 2 aromatic heterocycles. The second-order valence-corrected chi connectivity index (χ2v) is 8.54. The molecule has 5 rings (SSSR count). The summed E-state index contributed by atoms with van der Waals surface area (Å²) in [6, 6.07) is 4.15. The Morgan fingerprint density at radius 2 is 2.06 bits per heavy atom. The number of likely N-dealkylation sites (tertiary alicyclic amines) is 1. The van der Waals surface area contributed by atoms with Crippen molar-refractivity contribution >= 4 is 11.9 Å². The van der Waals surface area contributed by atoms with E-state index in [2.05, 4.69) is 38.0 Å². The van der Waals surface area contributed by atoms with Crippen LogP contribution in [0.4, 0.5) is 0 Å². The number of nitrogens with one attached hydrogen (secondary N) is 1. The first-order valence-electron chi connectivity index (χ1n) is 10.5. The van der Waals surface area contributed by atoms with Gasteiger partial charge in [0.15, 0.2) is 5.82 Å². The van der Waals surface area contributed by atoms with Crippen molar-refractivity contribution in [3.8, 4) is 5.82 Å². The number of amides is 1. The molecule has 2 aliphatic heterocycles. The van der Waals surface area contributed by atoms with Crippen LogP contribution in [0.2, 0.25) is 0 Å². The molecule has 1 unspecified atom stereocenters. The van der Waals surface area contributed by atoms with E-state index >= 15 is 0 Å². The van der Waals surface area contributed by atoms with Crippen molar-refractivity contribution in [3.63, 3.8) is 0 Å². The quantitative estimate of drug-likeness (QED) is 0.684. The molecule has 0 aromatic carbocycles. The van der Waals surface area contributed by atoms with Gasteiger partial charge in [0, 0.05) is 24.7 Å². The third kappa shape index (κ3) is 3.69. The molecule has 1 atom stereocenters. The number of carbonyl (C=O) groups excluding carboxylic acids is 2. The van der Waals surface area contributed by atoms with Gasteiger partial charge in [0.1, 0.15) is 12.9 Å². The third-order valence-electron chi connectivity index (χ3n) is 6.56. The normalized spacial score (nSPS) is 28.3. The summed E-state index contributed by atoms with van der Waals surface area (Å²) < 4.78 is 6.47. The fourth-order valence-electron chi connectivity index (χ4n) is 4.99. The minimum Gasteiger partial charge on any atom is -0.456 e. The van der Waals surface area contributed by atoms with Crippen molar-refractivity contribution in [1.82, 2.24) is 40.6 Å². The molecule has 162 valence electrons. The lowest BCUT2D eigenvalue weighted by atomic mass is 9.70. The number of aromatic nitrogens is 6. The van der Waals surface area contributed by atoms with Crippen LogP contribution in [0, 0.1) is 5.41 Å². The van der Waals surface area contributed by atoms with Crippen LogP contribution in [-0.2, 0) is 20.9 Å². The van der Waals surface area contributed by atoms with E-state index in [0.717, 1.165) is 37.8 Å². The van der Waals surface area contributed by atoms with Crippen molar-refractivity contribution in [1.29, 1.82) is 0 Å². The maximum atomic E-state index is 13.3. The summed E-state index contributed by atoms with van der Waals surface area (Å²) in [6.07, 6.45) is 7.29. The minimum absolute atomic E-state index is 0.0896. The van der Waals surface area contributed by atoms with Crippen molar-refractivity contribution in [3.05, 3.63) is 35.9 Å². The largest absolute Gasteiger partial charge is 0.456 e.